The zero-order chi connectivity index (χ0) is 51.4. The first-order chi connectivity index (χ1) is 33.8. The van der Waals surface area contributed by atoms with Gasteiger partial charge in [0.05, 0.1) is 66.8 Å². The van der Waals surface area contributed by atoms with Gasteiger partial charge in [-0.3, -0.25) is 0 Å². The van der Waals surface area contributed by atoms with Crippen LogP contribution in [0.1, 0.15) is 33.4 Å². The Kier molecular flexibility index (Phi) is 10.8. The van der Waals surface area contributed by atoms with Crippen molar-refractivity contribution in [3.8, 4) is 50.8 Å². The second-order valence-corrected chi connectivity index (χ2v) is 16.8. The molecule has 2 heterocycles. The quantitative estimate of drug-likeness (QED) is 0.158. The van der Waals surface area contributed by atoms with Crippen LogP contribution in [-0.4, -0.2) is 9.13 Å². The van der Waals surface area contributed by atoms with Crippen molar-refractivity contribution in [3.63, 3.8) is 0 Å². The number of nitriles is 1. The molecule has 2 aromatic heterocycles. The van der Waals surface area contributed by atoms with Gasteiger partial charge in [0, 0.05) is 27.1 Å². The molecule has 8 aromatic carbocycles. The molecule has 10 aromatic rings. The van der Waals surface area contributed by atoms with E-state index < -0.39 is 75.4 Å². The molecule has 0 fully saturated rings. The van der Waals surface area contributed by atoms with E-state index in [-0.39, 0.29) is 56.8 Å². The molecule has 3 nitrogen and oxygen atoms in total. The van der Waals surface area contributed by atoms with Crippen molar-refractivity contribution < 1.29 is 65.9 Å². The van der Waals surface area contributed by atoms with Crippen LogP contribution in [0.15, 0.2) is 158 Å². The fourth-order valence-electron chi connectivity index (χ4n) is 9.28. The van der Waals surface area contributed by atoms with Crippen molar-refractivity contribution >= 4 is 43.6 Å². The van der Waals surface area contributed by atoms with Crippen LogP contribution in [0, 0.1) is 11.3 Å². The third-order valence-corrected chi connectivity index (χ3v) is 12.4. The minimum absolute atomic E-state index is 0.0208. The molecule has 0 amide bonds. The molecule has 72 heavy (non-hydrogen) atoms. The summed E-state index contributed by atoms with van der Waals surface area (Å²) in [5.74, 6) is 0. The first-order valence-corrected chi connectivity index (χ1v) is 21.2. The van der Waals surface area contributed by atoms with Gasteiger partial charge in [0.15, 0.2) is 0 Å². The summed E-state index contributed by atoms with van der Waals surface area (Å²) in [5, 5.41) is 12.7. The molecule has 0 radical (unpaired) electrons. The number of nitrogens with zero attached hydrogens (tertiary/aromatic N) is 3. The molecule has 0 aliphatic heterocycles. The maximum atomic E-state index is 15.2. The van der Waals surface area contributed by atoms with E-state index in [9.17, 15) is 57.9 Å². The topological polar surface area (TPSA) is 33.6 Å². The largest absolute Gasteiger partial charge is 0.417 e. The van der Waals surface area contributed by atoms with Gasteiger partial charge in [0.25, 0.3) is 0 Å². The summed E-state index contributed by atoms with van der Waals surface area (Å²) in [5.41, 5.74) is -8.91. The summed E-state index contributed by atoms with van der Waals surface area (Å²) in [4.78, 5) is 0. The second-order valence-electron chi connectivity index (χ2n) is 16.8. The molecule has 0 spiro atoms. The Morgan fingerprint density at radius 1 is 0.319 bits per heavy atom. The summed E-state index contributed by atoms with van der Waals surface area (Å²) in [6.45, 7) is 0. The van der Waals surface area contributed by atoms with Gasteiger partial charge in [0.2, 0.25) is 0 Å². The van der Waals surface area contributed by atoms with Crippen molar-refractivity contribution in [2.45, 2.75) is 30.9 Å². The monoisotopic (exact) mass is 1000 g/mol. The number of hydrogen-bond donors (Lipinski definition) is 0. The first-order valence-electron chi connectivity index (χ1n) is 21.2. The molecular weight excluding hydrogens is 976 g/mol. The minimum Gasteiger partial charge on any atom is -0.309 e. The Hall–Kier alpha value is -8.20. The van der Waals surface area contributed by atoms with Crippen molar-refractivity contribution in [1.82, 2.24) is 9.13 Å². The normalized spacial score (nSPS) is 12.9. The highest BCUT2D eigenvalue weighted by Crippen LogP contribution is 2.47. The molecule has 0 saturated heterocycles. The number of halogens is 15. The van der Waals surface area contributed by atoms with E-state index in [4.69, 9.17) is 0 Å². The zero-order valence-corrected chi connectivity index (χ0v) is 36.0. The number of aromatic nitrogens is 2. The number of fused-ring (bicyclic) bond motifs is 6. The smallest absolute Gasteiger partial charge is 0.309 e. The summed E-state index contributed by atoms with van der Waals surface area (Å²) >= 11 is 0. The highest BCUT2D eigenvalue weighted by molar-refractivity contribution is 6.12. The van der Waals surface area contributed by atoms with Crippen LogP contribution in [0.4, 0.5) is 65.9 Å². The lowest BCUT2D eigenvalue weighted by Crippen LogP contribution is -2.11. The van der Waals surface area contributed by atoms with Crippen LogP contribution in [0.3, 0.4) is 0 Å². The average molecular weight is 1000 g/mol. The summed E-state index contributed by atoms with van der Waals surface area (Å²) in [6, 6.07) is 32.2. The Balaban J connectivity index is 1.30. The number of benzene rings is 8. The number of para-hydroxylation sites is 2. The summed E-state index contributed by atoms with van der Waals surface area (Å²) in [7, 11) is 0. The summed E-state index contributed by atoms with van der Waals surface area (Å²) in [6.07, 6.45) is -25.8. The van der Waals surface area contributed by atoms with Gasteiger partial charge in [-0.15, -0.1) is 0 Å². The van der Waals surface area contributed by atoms with Gasteiger partial charge in [0.1, 0.15) is 6.07 Å². The zero-order valence-electron chi connectivity index (χ0n) is 36.0. The van der Waals surface area contributed by atoms with Crippen LogP contribution in [0.5, 0.6) is 0 Å². The maximum Gasteiger partial charge on any atom is 0.417 e. The Labute approximate surface area is 395 Å². The highest BCUT2D eigenvalue weighted by atomic mass is 19.4. The second kappa shape index (κ2) is 16.4. The van der Waals surface area contributed by atoms with Crippen LogP contribution in [-0.2, 0) is 30.9 Å². The van der Waals surface area contributed by atoms with E-state index in [1.165, 1.54) is 63.7 Å². The van der Waals surface area contributed by atoms with Crippen LogP contribution >= 0.6 is 0 Å². The maximum absolute atomic E-state index is 15.2. The van der Waals surface area contributed by atoms with E-state index in [1.807, 2.05) is 0 Å². The molecule has 18 heteroatoms. The standard InChI is InChI=1S/C54H26F15N3/c55-50(56,57)33-17-30(18-34(24-33)51(58,59)60)28-13-15-40-38-8-2-5-11-44(38)71(47(40)21-28)46-26-42(37-7-1-4-10-43(37)54(67,68)69)49(23-32(46)27-70)72-45-12-6-3-9-39(45)41-16-14-29(22-48(41)72)31-19-35(52(61,62)63)25-36(20-31)53(64,65)66/h1-26H. The molecule has 10 rings (SSSR count). The molecule has 0 saturated carbocycles. The van der Waals surface area contributed by atoms with Gasteiger partial charge >= 0.3 is 30.9 Å². The molecule has 362 valence electrons. The SMILES string of the molecule is N#Cc1cc(-n2c3ccccc3c3ccc(-c4cc(C(F)(F)F)cc(C(F)(F)F)c4)cc32)c(-c2ccccc2C(F)(F)F)cc1-n1c2ccccc2c2ccc(-c3cc(C(F)(F)F)cc(C(F)(F)F)c3)cc21. The predicted octanol–water partition coefficient (Wildman–Crippen LogP) is 17.8. The lowest BCUT2D eigenvalue weighted by Gasteiger charge is -2.21. The van der Waals surface area contributed by atoms with Gasteiger partial charge in [-0.2, -0.15) is 71.1 Å². The third kappa shape index (κ3) is 8.21. The molecule has 0 bridgehead atoms. The number of rotatable bonds is 5. The fraction of sp³-hybridized carbons (Fsp3) is 0.0926. The molecule has 0 aliphatic rings. The van der Waals surface area contributed by atoms with Crippen molar-refractivity contribution in [2.75, 3.05) is 0 Å². The van der Waals surface area contributed by atoms with Gasteiger partial charge in [-0.05, 0) is 107 Å². The molecule has 0 atom stereocenters. The van der Waals surface area contributed by atoms with E-state index in [0.717, 1.165) is 18.2 Å². The van der Waals surface area contributed by atoms with Crippen molar-refractivity contribution in [1.29, 1.82) is 5.26 Å². The molecule has 0 aliphatic carbocycles. The van der Waals surface area contributed by atoms with Gasteiger partial charge in [-0.1, -0.05) is 78.9 Å². The van der Waals surface area contributed by atoms with Gasteiger partial charge < -0.3 is 9.13 Å². The van der Waals surface area contributed by atoms with E-state index in [0.29, 0.717) is 56.8 Å². The van der Waals surface area contributed by atoms with E-state index >= 15 is 13.2 Å². The highest BCUT2D eigenvalue weighted by Gasteiger charge is 2.39. The Morgan fingerprint density at radius 3 is 1.12 bits per heavy atom. The molecule has 0 N–H and O–H groups in total. The average Bonchev–Trinajstić information content (AvgIpc) is 3.84. The van der Waals surface area contributed by atoms with E-state index in [2.05, 4.69) is 6.07 Å². The van der Waals surface area contributed by atoms with Crippen LogP contribution in [0.25, 0.3) is 88.4 Å². The summed E-state index contributed by atoms with van der Waals surface area (Å²) < 4.78 is 217. The number of alkyl halides is 15. The lowest BCUT2D eigenvalue weighted by molar-refractivity contribution is -0.144. The van der Waals surface area contributed by atoms with Crippen LogP contribution < -0.4 is 0 Å². The number of hydrogen-bond acceptors (Lipinski definition) is 1. The molecule has 0 unspecified atom stereocenters. The fourth-order valence-corrected chi connectivity index (χ4v) is 9.28. The Bertz CT molecular complexity index is 3810. The van der Waals surface area contributed by atoms with Crippen LogP contribution in [0.2, 0.25) is 0 Å². The Morgan fingerprint density at radius 2 is 0.708 bits per heavy atom. The third-order valence-electron chi connectivity index (χ3n) is 12.4. The van der Waals surface area contributed by atoms with E-state index in [1.54, 1.807) is 48.5 Å². The predicted molar refractivity (Wildman–Crippen MR) is 241 cm³/mol. The molecular formula is C54H26F15N3. The van der Waals surface area contributed by atoms with Crippen molar-refractivity contribution in [3.05, 3.63) is 191 Å². The lowest BCUT2D eigenvalue weighted by atomic mass is 9.94. The minimum atomic E-state index is -5.20. The van der Waals surface area contributed by atoms with Gasteiger partial charge in [-0.25, -0.2) is 0 Å². The van der Waals surface area contributed by atoms with Crippen molar-refractivity contribution in [2.24, 2.45) is 0 Å². The first kappa shape index (κ1) is 47.5.